The zero-order chi connectivity index (χ0) is 22.1. The molecule has 32 heavy (non-hydrogen) atoms. The third-order valence-corrected chi connectivity index (χ3v) is 15.4. The minimum atomic E-state index is -1.33. The molecule has 0 spiro atoms. The van der Waals surface area contributed by atoms with E-state index < -0.39 is 28.9 Å². The van der Waals surface area contributed by atoms with E-state index in [-0.39, 0.29) is 14.9 Å². The summed E-state index contributed by atoms with van der Waals surface area (Å²) in [7, 11) is 8.54. The van der Waals surface area contributed by atoms with E-state index in [0.29, 0.717) is 0 Å². The van der Waals surface area contributed by atoms with Crippen molar-refractivity contribution in [2.75, 3.05) is 0 Å². The molecular formula is C28H48Cl2SiZr. The Morgan fingerprint density at radius 3 is 1.75 bits per heavy atom. The average Bonchev–Trinajstić information content (AvgIpc) is 3.22. The van der Waals surface area contributed by atoms with Gasteiger partial charge in [-0.15, -0.1) is 0 Å². The summed E-state index contributed by atoms with van der Waals surface area (Å²) in [6.45, 7) is 15.9. The van der Waals surface area contributed by atoms with Crippen LogP contribution < -0.4 is 0 Å². The molecule has 4 heteroatoms. The van der Waals surface area contributed by atoms with E-state index in [1.807, 2.05) is 0 Å². The molecule has 0 bridgehead atoms. The predicted molar refractivity (Wildman–Crippen MR) is 145 cm³/mol. The molecule has 3 fully saturated rings. The molecule has 1 aromatic rings. The fourth-order valence-corrected chi connectivity index (χ4v) is 14.6. The van der Waals surface area contributed by atoms with Crippen LogP contribution in [0.2, 0.25) is 24.2 Å². The molecule has 3 saturated carbocycles. The standard InChI is InChI=1S/C26H42Si.2CH3.2ClH.Zr/c1-17-18(2)20(4)26(19(17)3)27(5,6)25-16-24(21-12-8-7-9-13-21)22-14-10-11-15-23(22)25;;;;;/h7-9,12-13,17-20,22-26H,10-11,14-16H2,1-6H3;2*1H3;2*1H;/q;2*-1;;;+4/p-2. The Bertz CT molecular complexity index is 653. The molecule has 8 unspecified atom stereocenters. The Kier molecular flexibility index (Phi) is 12.8. The van der Waals surface area contributed by atoms with Crippen LogP contribution in [-0.2, 0) is 20.8 Å². The van der Waals surface area contributed by atoms with E-state index in [4.69, 9.17) is 17.0 Å². The number of halogens is 2. The molecule has 0 radical (unpaired) electrons. The molecule has 0 heterocycles. The zero-order valence-electron chi connectivity index (χ0n) is 21.9. The van der Waals surface area contributed by atoms with E-state index in [1.54, 1.807) is 5.56 Å². The van der Waals surface area contributed by atoms with Crippen molar-refractivity contribution in [2.45, 2.75) is 89.9 Å². The summed E-state index contributed by atoms with van der Waals surface area (Å²) in [5.74, 6) is 6.51. The van der Waals surface area contributed by atoms with Crippen molar-refractivity contribution in [3.05, 3.63) is 50.7 Å². The number of fused-ring (bicyclic) bond motifs is 1. The summed E-state index contributed by atoms with van der Waals surface area (Å²) >= 11 is -0.826. The van der Waals surface area contributed by atoms with Crippen LogP contribution in [-0.4, -0.2) is 8.07 Å². The van der Waals surface area contributed by atoms with E-state index in [2.05, 4.69) is 71.1 Å². The summed E-state index contributed by atoms with van der Waals surface area (Å²) in [5, 5.41) is 0. The third-order valence-electron chi connectivity index (χ3n) is 10.1. The Hall–Kier alpha value is 0.900. The summed E-state index contributed by atoms with van der Waals surface area (Å²) in [5.41, 5.74) is 3.71. The minimum absolute atomic E-state index is 0. The molecule has 0 amide bonds. The molecule has 3 aliphatic carbocycles. The Morgan fingerprint density at radius 2 is 1.25 bits per heavy atom. The second kappa shape index (κ2) is 13.3. The van der Waals surface area contributed by atoms with Crippen LogP contribution in [0, 0.1) is 50.4 Å². The average molecular weight is 575 g/mol. The number of rotatable bonds is 3. The van der Waals surface area contributed by atoms with Gasteiger partial charge in [-0.2, -0.15) is 0 Å². The SMILES string of the molecule is CC1C(C)C(C)C([Si](C)(C)C2CC(c3ccccc3)C3CCCCC32)C1C.[CH3-].[CH3-].[Cl][Zr+2][Cl]. The van der Waals surface area contributed by atoms with Gasteiger partial charge >= 0.3 is 37.9 Å². The van der Waals surface area contributed by atoms with Crippen LogP contribution in [0.5, 0.6) is 0 Å². The number of hydrogen-bond donors (Lipinski definition) is 0. The second-order valence-corrected chi connectivity index (χ2v) is 20.1. The fraction of sp³-hybridized carbons (Fsp3) is 0.714. The molecule has 3 aliphatic rings. The topological polar surface area (TPSA) is 0 Å². The molecular weight excluding hydrogens is 527 g/mol. The number of hydrogen-bond acceptors (Lipinski definition) is 0. The van der Waals surface area contributed by atoms with E-state index in [9.17, 15) is 0 Å². The molecule has 0 aliphatic heterocycles. The molecule has 1 aromatic carbocycles. The van der Waals surface area contributed by atoms with E-state index >= 15 is 0 Å². The van der Waals surface area contributed by atoms with Crippen LogP contribution in [0.3, 0.4) is 0 Å². The maximum absolute atomic E-state index is 4.93. The van der Waals surface area contributed by atoms with Gasteiger partial charge in [0.05, 0.1) is 8.07 Å². The quantitative estimate of drug-likeness (QED) is 0.249. The Balaban J connectivity index is 0.000000971. The van der Waals surface area contributed by atoms with E-state index in [0.717, 1.165) is 52.5 Å². The molecule has 0 N–H and O–H groups in total. The van der Waals surface area contributed by atoms with Crippen molar-refractivity contribution in [1.29, 1.82) is 0 Å². The Labute approximate surface area is 220 Å². The molecule has 0 saturated heterocycles. The van der Waals surface area contributed by atoms with Gasteiger partial charge in [0, 0.05) is 0 Å². The predicted octanol–water partition coefficient (Wildman–Crippen LogP) is 10.3. The van der Waals surface area contributed by atoms with Crippen LogP contribution in [0.15, 0.2) is 30.3 Å². The van der Waals surface area contributed by atoms with Crippen molar-refractivity contribution >= 4 is 25.1 Å². The van der Waals surface area contributed by atoms with Crippen LogP contribution in [0.1, 0.15) is 71.3 Å². The van der Waals surface area contributed by atoms with Gasteiger partial charge in [0.2, 0.25) is 0 Å². The number of benzene rings is 1. The molecule has 4 rings (SSSR count). The van der Waals surface area contributed by atoms with Gasteiger partial charge in [0.15, 0.2) is 0 Å². The Morgan fingerprint density at radius 1 is 0.781 bits per heavy atom. The van der Waals surface area contributed by atoms with Crippen LogP contribution in [0.25, 0.3) is 0 Å². The van der Waals surface area contributed by atoms with Crippen molar-refractivity contribution < 1.29 is 20.8 Å². The summed E-state index contributed by atoms with van der Waals surface area (Å²) in [4.78, 5) is 0. The molecule has 182 valence electrons. The molecule has 0 nitrogen and oxygen atoms in total. The van der Waals surface area contributed by atoms with Gasteiger partial charge in [0.25, 0.3) is 0 Å². The summed E-state index contributed by atoms with van der Waals surface area (Å²) in [6, 6.07) is 11.6. The van der Waals surface area contributed by atoms with Crippen molar-refractivity contribution in [1.82, 2.24) is 0 Å². The zero-order valence-corrected chi connectivity index (χ0v) is 26.8. The second-order valence-electron chi connectivity index (χ2n) is 11.3. The maximum atomic E-state index is 4.93. The molecule has 8 atom stereocenters. The van der Waals surface area contributed by atoms with Gasteiger partial charge < -0.3 is 14.9 Å². The van der Waals surface area contributed by atoms with Gasteiger partial charge in [0.1, 0.15) is 0 Å². The normalized spacial score (nSPS) is 38.3. The first-order valence-electron chi connectivity index (χ1n) is 12.3. The first-order chi connectivity index (χ1) is 14.3. The van der Waals surface area contributed by atoms with E-state index in [1.165, 1.54) is 32.1 Å². The summed E-state index contributed by atoms with van der Waals surface area (Å²) < 4.78 is 0. The first-order valence-corrected chi connectivity index (χ1v) is 21.7. The van der Waals surface area contributed by atoms with Crippen LogP contribution >= 0.6 is 17.0 Å². The van der Waals surface area contributed by atoms with Crippen molar-refractivity contribution in [3.8, 4) is 0 Å². The summed E-state index contributed by atoms with van der Waals surface area (Å²) in [6.07, 6.45) is 7.48. The molecule has 0 aromatic heterocycles. The van der Waals surface area contributed by atoms with Gasteiger partial charge in [-0.3, -0.25) is 0 Å². The third kappa shape index (κ3) is 5.99. The van der Waals surface area contributed by atoms with Crippen LogP contribution in [0.4, 0.5) is 0 Å². The van der Waals surface area contributed by atoms with Crippen molar-refractivity contribution in [3.63, 3.8) is 0 Å². The van der Waals surface area contributed by atoms with Gasteiger partial charge in [-0.25, -0.2) is 0 Å². The van der Waals surface area contributed by atoms with Crippen molar-refractivity contribution in [2.24, 2.45) is 35.5 Å². The van der Waals surface area contributed by atoms with Gasteiger partial charge in [-0.1, -0.05) is 90.4 Å². The first kappa shape index (κ1) is 30.9. The van der Waals surface area contributed by atoms with Gasteiger partial charge in [-0.05, 0) is 70.9 Å². The monoisotopic (exact) mass is 572 g/mol. The fourth-order valence-electron chi connectivity index (χ4n) is 8.44.